The van der Waals surface area contributed by atoms with Crippen molar-refractivity contribution in [2.45, 2.75) is 11.4 Å². The topological polar surface area (TPSA) is 26.0 Å². The minimum absolute atomic E-state index is 0.0168. The third-order valence-corrected chi connectivity index (χ3v) is 3.90. The Morgan fingerprint density at radius 1 is 1.33 bits per heavy atom. The van der Waals surface area contributed by atoms with Crippen molar-refractivity contribution < 1.29 is 0 Å². The Kier molecular flexibility index (Phi) is 4.23. The average Bonchev–Trinajstić information content (AvgIpc) is 1.98. The minimum Gasteiger partial charge on any atom is -0.319 e. The van der Waals surface area contributed by atoms with Crippen molar-refractivity contribution in [3.63, 3.8) is 0 Å². The van der Waals surface area contributed by atoms with Crippen LogP contribution in [-0.2, 0) is 6.42 Å². The minimum atomic E-state index is 0.0168. The molecule has 0 aromatic heterocycles. The van der Waals surface area contributed by atoms with Crippen LogP contribution in [0.3, 0.4) is 0 Å². The van der Waals surface area contributed by atoms with E-state index < -0.39 is 0 Å². The lowest BCUT2D eigenvalue weighted by Crippen LogP contribution is -2.14. The van der Waals surface area contributed by atoms with Gasteiger partial charge in [0.15, 0.2) is 0 Å². The first kappa shape index (κ1) is 10.7. The molecule has 1 unspecified atom stereocenters. The van der Waals surface area contributed by atoms with Gasteiger partial charge in [-0.3, -0.25) is 0 Å². The molecule has 0 fully saturated rings. The lowest BCUT2D eigenvalue weighted by Gasteiger charge is -2.07. The van der Waals surface area contributed by atoms with Crippen molar-refractivity contribution in [2.75, 3.05) is 0 Å². The Bertz CT molecular complexity index is 273. The quantitative estimate of drug-likeness (QED) is 0.637. The molecule has 0 aliphatic carbocycles. The fraction of sp³-hybridized carbons (Fsp3) is 0.250. The highest BCUT2D eigenvalue weighted by Gasteiger charge is 2.05. The van der Waals surface area contributed by atoms with E-state index in [-0.39, 0.29) is 4.95 Å². The monoisotopic (exact) mass is 355 g/mol. The Labute approximate surface area is 97.1 Å². The molecule has 0 heterocycles. The van der Waals surface area contributed by atoms with Crippen LogP contribution in [0, 0.1) is 0 Å². The first-order valence-electron chi connectivity index (χ1n) is 3.44. The molecule has 4 heteroatoms. The van der Waals surface area contributed by atoms with Gasteiger partial charge in [0.25, 0.3) is 0 Å². The van der Waals surface area contributed by atoms with Gasteiger partial charge in [-0.05, 0) is 49.9 Å². The maximum absolute atomic E-state index is 5.62. The van der Waals surface area contributed by atoms with Crippen molar-refractivity contribution in [3.05, 3.63) is 32.7 Å². The van der Waals surface area contributed by atoms with Gasteiger partial charge in [-0.25, -0.2) is 0 Å². The van der Waals surface area contributed by atoms with Crippen LogP contribution in [0.2, 0.25) is 0 Å². The van der Waals surface area contributed by atoms with Crippen molar-refractivity contribution in [1.29, 1.82) is 0 Å². The molecule has 1 atom stereocenters. The van der Waals surface area contributed by atoms with E-state index in [1.54, 1.807) is 0 Å². The summed E-state index contributed by atoms with van der Waals surface area (Å²) in [4.78, 5) is 0.0168. The van der Waals surface area contributed by atoms with Gasteiger partial charge in [0.1, 0.15) is 0 Å². The van der Waals surface area contributed by atoms with Crippen LogP contribution in [-0.4, -0.2) is 4.95 Å². The van der Waals surface area contributed by atoms with Gasteiger partial charge < -0.3 is 5.73 Å². The SMILES string of the molecule is NC(Br)Cc1cccc(Br)c1Br. The molecule has 66 valence electrons. The van der Waals surface area contributed by atoms with Gasteiger partial charge in [-0.2, -0.15) is 0 Å². The lowest BCUT2D eigenvalue weighted by atomic mass is 10.2. The predicted molar refractivity (Wildman–Crippen MR) is 62.4 cm³/mol. The maximum atomic E-state index is 5.62. The van der Waals surface area contributed by atoms with Crippen LogP contribution in [0.5, 0.6) is 0 Å². The second-order valence-electron chi connectivity index (χ2n) is 2.43. The summed E-state index contributed by atoms with van der Waals surface area (Å²) in [7, 11) is 0. The van der Waals surface area contributed by atoms with Crippen molar-refractivity contribution in [1.82, 2.24) is 0 Å². The zero-order valence-electron chi connectivity index (χ0n) is 6.23. The molecule has 12 heavy (non-hydrogen) atoms. The molecule has 0 saturated carbocycles. The molecule has 1 aromatic rings. The molecule has 0 bridgehead atoms. The van der Waals surface area contributed by atoms with E-state index >= 15 is 0 Å². The highest BCUT2D eigenvalue weighted by atomic mass is 79.9. The Morgan fingerprint density at radius 2 is 2.00 bits per heavy atom. The molecule has 0 amide bonds. The van der Waals surface area contributed by atoms with E-state index in [9.17, 15) is 0 Å². The molecule has 0 radical (unpaired) electrons. The highest BCUT2D eigenvalue weighted by Crippen LogP contribution is 2.27. The van der Waals surface area contributed by atoms with Crippen LogP contribution >= 0.6 is 47.8 Å². The van der Waals surface area contributed by atoms with Crippen molar-refractivity contribution in [3.8, 4) is 0 Å². The molecule has 0 aliphatic rings. The third-order valence-electron chi connectivity index (χ3n) is 1.45. The maximum Gasteiger partial charge on any atom is 0.0646 e. The van der Waals surface area contributed by atoms with Gasteiger partial charge >= 0.3 is 0 Å². The number of benzene rings is 1. The van der Waals surface area contributed by atoms with E-state index in [2.05, 4.69) is 53.9 Å². The molecule has 0 aliphatic heterocycles. The smallest absolute Gasteiger partial charge is 0.0646 e. The van der Waals surface area contributed by atoms with Gasteiger partial charge in [0, 0.05) is 8.95 Å². The Hall–Kier alpha value is 0.620. The Morgan fingerprint density at radius 3 is 2.58 bits per heavy atom. The number of hydrogen-bond acceptors (Lipinski definition) is 1. The summed E-state index contributed by atoms with van der Waals surface area (Å²) in [5, 5.41) is 0. The third kappa shape index (κ3) is 2.83. The van der Waals surface area contributed by atoms with E-state index in [0.717, 1.165) is 15.4 Å². The average molecular weight is 358 g/mol. The molecule has 1 rings (SSSR count). The number of alkyl halides is 1. The molecule has 0 saturated heterocycles. The largest absolute Gasteiger partial charge is 0.319 e. The van der Waals surface area contributed by atoms with Crippen LogP contribution < -0.4 is 5.73 Å². The second-order valence-corrected chi connectivity index (χ2v) is 5.26. The fourth-order valence-corrected chi connectivity index (χ4v) is 2.10. The van der Waals surface area contributed by atoms with E-state index in [1.165, 1.54) is 5.56 Å². The summed E-state index contributed by atoms with van der Waals surface area (Å²) in [6.45, 7) is 0. The summed E-state index contributed by atoms with van der Waals surface area (Å²) in [5.41, 5.74) is 6.83. The first-order valence-corrected chi connectivity index (χ1v) is 5.94. The van der Waals surface area contributed by atoms with E-state index in [4.69, 9.17) is 5.73 Å². The normalized spacial score (nSPS) is 13.0. The van der Waals surface area contributed by atoms with Gasteiger partial charge in [0.2, 0.25) is 0 Å². The summed E-state index contributed by atoms with van der Waals surface area (Å²) in [6, 6.07) is 6.04. The van der Waals surface area contributed by atoms with Crippen LogP contribution in [0.1, 0.15) is 5.56 Å². The number of halogens is 3. The predicted octanol–water partition coefficient (Wildman–Crippen LogP) is 3.43. The van der Waals surface area contributed by atoms with Crippen LogP contribution in [0.25, 0.3) is 0 Å². The van der Waals surface area contributed by atoms with Crippen molar-refractivity contribution in [2.24, 2.45) is 5.73 Å². The molecule has 2 N–H and O–H groups in total. The van der Waals surface area contributed by atoms with Crippen LogP contribution in [0.4, 0.5) is 0 Å². The molecular formula is C8H8Br3N. The molecule has 1 nitrogen and oxygen atoms in total. The zero-order valence-corrected chi connectivity index (χ0v) is 11.0. The van der Waals surface area contributed by atoms with Gasteiger partial charge in [-0.15, -0.1) is 0 Å². The summed E-state index contributed by atoms with van der Waals surface area (Å²) >= 11 is 10.2. The first-order chi connectivity index (χ1) is 5.61. The highest BCUT2D eigenvalue weighted by molar-refractivity contribution is 9.13. The zero-order chi connectivity index (χ0) is 9.14. The molecular weight excluding hydrogens is 350 g/mol. The number of rotatable bonds is 2. The molecule has 0 spiro atoms. The summed E-state index contributed by atoms with van der Waals surface area (Å²) in [5.74, 6) is 0. The van der Waals surface area contributed by atoms with E-state index in [0.29, 0.717) is 0 Å². The summed E-state index contributed by atoms with van der Waals surface area (Å²) < 4.78 is 2.15. The Balaban J connectivity index is 2.92. The van der Waals surface area contributed by atoms with Gasteiger partial charge in [0.05, 0.1) is 4.95 Å². The lowest BCUT2D eigenvalue weighted by molar-refractivity contribution is 0.913. The second kappa shape index (κ2) is 4.74. The number of nitrogens with two attached hydrogens (primary N) is 1. The number of hydrogen-bond donors (Lipinski definition) is 1. The fourth-order valence-electron chi connectivity index (χ4n) is 0.916. The van der Waals surface area contributed by atoms with E-state index in [1.807, 2.05) is 12.1 Å². The molecule has 1 aromatic carbocycles. The van der Waals surface area contributed by atoms with Gasteiger partial charge in [-0.1, -0.05) is 28.1 Å². The van der Waals surface area contributed by atoms with Crippen LogP contribution in [0.15, 0.2) is 27.1 Å². The summed E-state index contributed by atoms with van der Waals surface area (Å²) in [6.07, 6.45) is 0.819. The standard InChI is InChI=1S/C8H8Br3N/c9-6-3-1-2-5(8(6)11)4-7(10)12/h1-3,7H,4,12H2. The van der Waals surface area contributed by atoms with Crippen molar-refractivity contribution >= 4 is 47.8 Å².